The first-order valence-electron chi connectivity index (χ1n) is 6.48. The van der Waals surface area contributed by atoms with Gasteiger partial charge in [0.25, 0.3) is 0 Å². The molecule has 104 valence electrons. The average Bonchev–Trinajstić information content (AvgIpc) is 2.36. The van der Waals surface area contributed by atoms with Crippen LogP contribution in [-0.2, 0) is 0 Å². The van der Waals surface area contributed by atoms with Crippen LogP contribution in [0.4, 0.5) is 0 Å². The molecule has 1 aromatic carbocycles. The monoisotopic (exact) mass is 325 g/mol. The molecule has 0 unspecified atom stereocenters. The summed E-state index contributed by atoms with van der Waals surface area (Å²) < 4.78 is 6.43. The average molecular weight is 326 g/mol. The Hall–Kier alpha value is -1.29. The van der Waals surface area contributed by atoms with Gasteiger partial charge in [0.1, 0.15) is 0 Å². The maximum absolute atomic E-state index is 11.9. The van der Waals surface area contributed by atoms with Crippen LogP contribution in [0.5, 0.6) is 5.88 Å². The second-order valence-corrected chi connectivity index (χ2v) is 5.08. The molecule has 0 amide bonds. The summed E-state index contributed by atoms with van der Waals surface area (Å²) in [4.78, 5) is 15.1. The third-order valence-electron chi connectivity index (χ3n) is 2.47. The molecular weight excluding hydrogens is 306 g/mol. The number of halogens is 1. The first-order chi connectivity index (χ1) is 8.99. The number of pyridine rings is 1. The minimum Gasteiger partial charge on any atom is -0.476 e. The Kier molecular flexibility index (Phi) is 5.60. The largest absolute Gasteiger partial charge is 0.476 e. The van der Waals surface area contributed by atoms with Gasteiger partial charge in [0.05, 0.1) is 11.6 Å². The van der Waals surface area contributed by atoms with Crippen LogP contribution < -0.4 is 10.2 Å². The van der Waals surface area contributed by atoms with E-state index in [2.05, 4.69) is 20.9 Å². The van der Waals surface area contributed by atoms with Crippen molar-refractivity contribution in [3.63, 3.8) is 0 Å². The van der Waals surface area contributed by atoms with Crippen molar-refractivity contribution in [2.75, 3.05) is 0 Å². The Morgan fingerprint density at radius 3 is 2.47 bits per heavy atom. The lowest BCUT2D eigenvalue weighted by Crippen LogP contribution is -2.11. The SMILES string of the molecule is CC.Cc1ccc2c(=O)cc(OC(C)C)[nH]c2c1Br. The number of nitrogens with one attached hydrogen (secondary N) is 1. The van der Waals surface area contributed by atoms with Crippen molar-refractivity contribution in [3.05, 3.63) is 38.5 Å². The molecule has 0 aliphatic rings. The van der Waals surface area contributed by atoms with Crippen molar-refractivity contribution in [1.29, 1.82) is 0 Å². The summed E-state index contributed by atoms with van der Waals surface area (Å²) in [7, 11) is 0. The van der Waals surface area contributed by atoms with Gasteiger partial charge in [-0.25, -0.2) is 0 Å². The van der Waals surface area contributed by atoms with Gasteiger partial charge in [0, 0.05) is 15.9 Å². The number of aromatic amines is 1. The van der Waals surface area contributed by atoms with E-state index in [1.165, 1.54) is 6.07 Å². The van der Waals surface area contributed by atoms with Crippen molar-refractivity contribution in [2.24, 2.45) is 0 Å². The number of H-pyrrole nitrogens is 1. The summed E-state index contributed by atoms with van der Waals surface area (Å²) in [6.07, 6.45) is 0.0340. The third kappa shape index (κ3) is 3.60. The number of aromatic nitrogens is 1. The molecule has 1 N–H and O–H groups in total. The lowest BCUT2D eigenvalue weighted by molar-refractivity contribution is 0.233. The molecule has 0 spiro atoms. The van der Waals surface area contributed by atoms with Crippen molar-refractivity contribution >= 4 is 26.8 Å². The minimum absolute atomic E-state index is 0.0323. The molecule has 1 aromatic heterocycles. The summed E-state index contributed by atoms with van der Waals surface area (Å²) in [6.45, 7) is 9.83. The van der Waals surface area contributed by atoms with Crippen molar-refractivity contribution < 1.29 is 4.74 Å². The molecule has 0 fully saturated rings. The highest BCUT2D eigenvalue weighted by atomic mass is 79.9. The topological polar surface area (TPSA) is 42.1 Å². The van der Waals surface area contributed by atoms with Crippen molar-refractivity contribution in [2.45, 2.75) is 40.7 Å². The number of hydrogen-bond donors (Lipinski definition) is 1. The molecule has 0 atom stereocenters. The maximum atomic E-state index is 11.9. The molecule has 0 radical (unpaired) electrons. The second kappa shape index (κ2) is 6.75. The predicted octanol–water partition coefficient (Wildman–Crippen LogP) is 4.41. The zero-order valence-corrected chi connectivity index (χ0v) is 13.6. The van der Waals surface area contributed by atoms with Gasteiger partial charge in [-0.1, -0.05) is 19.9 Å². The number of hydrogen-bond acceptors (Lipinski definition) is 2. The molecule has 0 saturated carbocycles. The Morgan fingerprint density at radius 2 is 1.89 bits per heavy atom. The molecule has 0 bridgehead atoms. The van der Waals surface area contributed by atoms with Crippen LogP contribution in [0.1, 0.15) is 33.3 Å². The summed E-state index contributed by atoms with van der Waals surface area (Å²) in [6, 6.07) is 5.24. The van der Waals surface area contributed by atoms with E-state index in [-0.39, 0.29) is 11.5 Å². The summed E-state index contributed by atoms with van der Waals surface area (Å²) in [5, 5.41) is 0.665. The fourth-order valence-electron chi connectivity index (χ4n) is 1.68. The van der Waals surface area contributed by atoms with Crippen LogP contribution in [0.15, 0.2) is 27.5 Å². The summed E-state index contributed by atoms with van der Waals surface area (Å²) in [5.74, 6) is 0.504. The summed E-state index contributed by atoms with van der Waals surface area (Å²) >= 11 is 3.49. The Morgan fingerprint density at radius 1 is 1.26 bits per heavy atom. The number of fused-ring (bicyclic) bond motifs is 1. The highest BCUT2D eigenvalue weighted by molar-refractivity contribution is 9.10. The fourth-order valence-corrected chi connectivity index (χ4v) is 2.13. The lowest BCUT2D eigenvalue weighted by Gasteiger charge is -2.11. The number of ether oxygens (including phenoxy) is 1. The molecular formula is C15H20BrNO2. The van der Waals surface area contributed by atoms with Crippen LogP contribution in [0.3, 0.4) is 0 Å². The van der Waals surface area contributed by atoms with E-state index in [0.717, 1.165) is 15.6 Å². The van der Waals surface area contributed by atoms with Crippen LogP contribution in [0.25, 0.3) is 10.9 Å². The van der Waals surface area contributed by atoms with E-state index in [0.29, 0.717) is 11.3 Å². The molecule has 2 aromatic rings. The quantitative estimate of drug-likeness (QED) is 0.888. The smallest absolute Gasteiger partial charge is 0.195 e. The van der Waals surface area contributed by atoms with Crippen molar-refractivity contribution in [1.82, 2.24) is 4.98 Å². The first-order valence-corrected chi connectivity index (χ1v) is 7.27. The van der Waals surface area contributed by atoms with E-state index in [9.17, 15) is 4.79 Å². The first kappa shape index (κ1) is 15.8. The fraction of sp³-hybridized carbons (Fsp3) is 0.400. The normalized spacial score (nSPS) is 10.3. The van der Waals surface area contributed by atoms with E-state index in [1.807, 2.05) is 46.8 Å². The van der Waals surface area contributed by atoms with Gasteiger partial charge < -0.3 is 9.72 Å². The van der Waals surface area contributed by atoms with Gasteiger partial charge in [-0.2, -0.15) is 0 Å². The maximum Gasteiger partial charge on any atom is 0.195 e. The summed E-state index contributed by atoms with van der Waals surface area (Å²) in [5.41, 5.74) is 1.83. The minimum atomic E-state index is -0.0323. The second-order valence-electron chi connectivity index (χ2n) is 4.28. The Balaban J connectivity index is 0.000000861. The van der Waals surface area contributed by atoms with Gasteiger partial charge in [-0.3, -0.25) is 4.79 Å². The zero-order chi connectivity index (χ0) is 14.6. The molecule has 3 nitrogen and oxygen atoms in total. The van der Waals surface area contributed by atoms with Crippen molar-refractivity contribution in [3.8, 4) is 5.88 Å². The van der Waals surface area contributed by atoms with Gasteiger partial charge in [-0.15, -0.1) is 0 Å². The molecule has 0 aliphatic carbocycles. The number of benzene rings is 1. The third-order valence-corrected chi connectivity index (χ3v) is 3.50. The van der Waals surface area contributed by atoms with Crippen LogP contribution in [-0.4, -0.2) is 11.1 Å². The Labute approximate surface area is 122 Å². The molecule has 19 heavy (non-hydrogen) atoms. The lowest BCUT2D eigenvalue weighted by atomic mass is 10.1. The Bertz CT molecular complexity index is 617. The molecule has 1 heterocycles. The molecule has 0 saturated heterocycles. The van der Waals surface area contributed by atoms with Gasteiger partial charge >= 0.3 is 0 Å². The zero-order valence-electron chi connectivity index (χ0n) is 12.0. The van der Waals surface area contributed by atoms with E-state index < -0.39 is 0 Å². The van der Waals surface area contributed by atoms with Gasteiger partial charge in [0.2, 0.25) is 0 Å². The van der Waals surface area contributed by atoms with Gasteiger partial charge in [0.15, 0.2) is 11.3 Å². The molecule has 4 heteroatoms. The number of aryl methyl sites for hydroxylation is 1. The highest BCUT2D eigenvalue weighted by Crippen LogP contribution is 2.25. The van der Waals surface area contributed by atoms with Crippen LogP contribution in [0.2, 0.25) is 0 Å². The standard InChI is InChI=1S/C13H14BrNO2.C2H6/c1-7(2)17-11-6-10(16)9-5-4-8(3)12(14)13(9)15-11;1-2/h4-7H,1-3H3,(H,15,16);1-2H3. The van der Waals surface area contributed by atoms with E-state index >= 15 is 0 Å². The van der Waals surface area contributed by atoms with E-state index in [1.54, 1.807) is 0 Å². The predicted molar refractivity (Wildman–Crippen MR) is 84.1 cm³/mol. The van der Waals surface area contributed by atoms with Crippen LogP contribution in [0, 0.1) is 6.92 Å². The van der Waals surface area contributed by atoms with E-state index in [4.69, 9.17) is 4.74 Å². The number of rotatable bonds is 2. The van der Waals surface area contributed by atoms with Crippen LogP contribution >= 0.6 is 15.9 Å². The highest BCUT2D eigenvalue weighted by Gasteiger charge is 2.08. The van der Waals surface area contributed by atoms with Gasteiger partial charge in [-0.05, 0) is 48.3 Å². The molecule has 2 rings (SSSR count). The molecule has 0 aliphatic heterocycles.